The number of ether oxygens (including phenoxy) is 1. The highest BCUT2D eigenvalue weighted by Gasteiger charge is 2.14. The number of hydrogen-bond donors (Lipinski definition) is 0. The van der Waals surface area contributed by atoms with Gasteiger partial charge < -0.3 is 4.74 Å². The number of hydrogen-bond acceptors (Lipinski definition) is 4. The van der Waals surface area contributed by atoms with Gasteiger partial charge in [-0.25, -0.2) is 4.98 Å². The summed E-state index contributed by atoms with van der Waals surface area (Å²) in [5, 5.41) is 11.6. The molecule has 0 amide bonds. The van der Waals surface area contributed by atoms with Gasteiger partial charge in [0, 0.05) is 29.2 Å². The lowest BCUT2D eigenvalue weighted by Gasteiger charge is -2.09. The molecule has 0 saturated heterocycles. The van der Waals surface area contributed by atoms with E-state index in [1.807, 2.05) is 6.07 Å². The normalized spacial score (nSPS) is 10.3. The first-order valence-corrected chi connectivity index (χ1v) is 7.08. The lowest BCUT2D eigenvalue weighted by Crippen LogP contribution is -1.96. The van der Waals surface area contributed by atoms with Crippen molar-refractivity contribution in [2.45, 2.75) is 19.2 Å². The molecule has 0 bridgehead atoms. The summed E-state index contributed by atoms with van der Waals surface area (Å²) in [4.78, 5) is 14.7. The van der Waals surface area contributed by atoms with Crippen molar-refractivity contribution >= 4 is 21.6 Å². The molecule has 104 valence electrons. The van der Waals surface area contributed by atoms with E-state index in [0.717, 1.165) is 10.9 Å². The van der Waals surface area contributed by atoms with Gasteiger partial charge in [-0.2, -0.15) is 0 Å². The zero-order valence-corrected chi connectivity index (χ0v) is 12.7. The van der Waals surface area contributed by atoms with Crippen molar-refractivity contribution in [2.24, 2.45) is 0 Å². The number of halogens is 1. The Labute approximate surface area is 124 Å². The molecule has 0 saturated carbocycles. The fraction of sp³-hybridized carbons (Fsp3) is 0.214. The maximum atomic E-state index is 10.9. The van der Waals surface area contributed by atoms with Gasteiger partial charge in [0.1, 0.15) is 5.75 Å². The average molecular weight is 337 g/mol. The molecule has 6 heteroatoms. The molecule has 0 aliphatic carbocycles. The Hall–Kier alpha value is -1.95. The van der Waals surface area contributed by atoms with Crippen LogP contribution in [0.1, 0.15) is 16.7 Å². The maximum Gasteiger partial charge on any atom is 0.272 e. The molecule has 0 radical (unpaired) electrons. The average Bonchev–Trinajstić information content (AvgIpc) is 2.43. The van der Waals surface area contributed by atoms with E-state index in [2.05, 4.69) is 20.9 Å². The first kappa shape index (κ1) is 14.5. The van der Waals surface area contributed by atoms with Gasteiger partial charge in [-0.3, -0.25) is 10.1 Å². The van der Waals surface area contributed by atoms with Gasteiger partial charge in [-0.1, -0.05) is 22.0 Å². The van der Waals surface area contributed by atoms with Crippen molar-refractivity contribution in [3.63, 3.8) is 0 Å². The number of nitrogens with zero attached hydrogens (tertiary/aromatic N) is 2. The Morgan fingerprint density at radius 3 is 2.60 bits per heavy atom. The molecule has 2 rings (SSSR count). The van der Waals surface area contributed by atoms with E-state index < -0.39 is 4.92 Å². The largest absolute Gasteiger partial charge is 0.439 e. The van der Waals surface area contributed by atoms with Crippen molar-refractivity contribution in [3.05, 3.63) is 57.3 Å². The Kier molecular flexibility index (Phi) is 4.34. The Morgan fingerprint density at radius 1 is 1.30 bits per heavy atom. The van der Waals surface area contributed by atoms with Crippen LogP contribution in [0.4, 0.5) is 5.69 Å². The van der Waals surface area contributed by atoms with E-state index in [9.17, 15) is 10.1 Å². The zero-order valence-electron chi connectivity index (χ0n) is 11.1. The summed E-state index contributed by atoms with van der Waals surface area (Å²) in [6.07, 6.45) is 1.72. The molecule has 2 aromatic rings. The highest BCUT2D eigenvalue weighted by Crippen LogP contribution is 2.30. The predicted molar refractivity (Wildman–Crippen MR) is 79.5 cm³/mol. The number of alkyl halides is 1. The van der Waals surface area contributed by atoms with E-state index in [1.54, 1.807) is 32.2 Å². The Bertz CT molecular complexity index is 642. The van der Waals surface area contributed by atoms with Gasteiger partial charge in [-0.15, -0.1) is 0 Å². The van der Waals surface area contributed by atoms with E-state index in [0.29, 0.717) is 22.8 Å². The van der Waals surface area contributed by atoms with Crippen molar-refractivity contribution < 1.29 is 9.66 Å². The number of nitro groups is 1. The molecule has 0 aliphatic heterocycles. The number of aryl methyl sites for hydroxylation is 2. The van der Waals surface area contributed by atoms with E-state index >= 15 is 0 Å². The van der Waals surface area contributed by atoms with E-state index in [4.69, 9.17) is 4.74 Å². The monoisotopic (exact) mass is 336 g/mol. The molecular formula is C14H13BrN2O3. The smallest absolute Gasteiger partial charge is 0.272 e. The van der Waals surface area contributed by atoms with Crippen molar-refractivity contribution in [2.75, 3.05) is 0 Å². The van der Waals surface area contributed by atoms with Crippen LogP contribution in [0.5, 0.6) is 11.6 Å². The molecular weight excluding hydrogens is 324 g/mol. The molecule has 1 aromatic heterocycles. The van der Waals surface area contributed by atoms with Crippen LogP contribution >= 0.6 is 15.9 Å². The van der Waals surface area contributed by atoms with Gasteiger partial charge in [0.15, 0.2) is 0 Å². The summed E-state index contributed by atoms with van der Waals surface area (Å²) in [6, 6.07) is 6.85. The zero-order chi connectivity index (χ0) is 14.7. The van der Waals surface area contributed by atoms with Crippen LogP contribution in [0, 0.1) is 24.0 Å². The number of rotatable bonds is 4. The third-order valence-electron chi connectivity index (χ3n) is 2.86. The Morgan fingerprint density at radius 2 is 2.05 bits per heavy atom. The van der Waals surface area contributed by atoms with E-state index in [-0.39, 0.29) is 5.69 Å². The maximum absolute atomic E-state index is 10.9. The molecule has 5 nitrogen and oxygen atoms in total. The fourth-order valence-corrected chi connectivity index (χ4v) is 2.08. The predicted octanol–water partition coefficient (Wildman–Crippen LogP) is 4.29. The van der Waals surface area contributed by atoms with E-state index in [1.165, 1.54) is 6.07 Å². The summed E-state index contributed by atoms with van der Waals surface area (Å²) in [5.41, 5.74) is 2.41. The topological polar surface area (TPSA) is 65.3 Å². The summed E-state index contributed by atoms with van der Waals surface area (Å²) in [5.74, 6) is 1.04. The van der Waals surface area contributed by atoms with Crippen LogP contribution in [0.25, 0.3) is 0 Å². The first-order valence-electron chi connectivity index (χ1n) is 5.95. The minimum atomic E-state index is -0.394. The second-order valence-corrected chi connectivity index (χ2v) is 4.96. The van der Waals surface area contributed by atoms with Gasteiger partial charge in [-0.05, 0) is 31.0 Å². The van der Waals surface area contributed by atoms with Crippen LogP contribution < -0.4 is 4.74 Å². The second kappa shape index (κ2) is 6.00. The Balaban J connectivity index is 2.29. The summed E-state index contributed by atoms with van der Waals surface area (Å²) in [7, 11) is 0. The second-order valence-electron chi connectivity index (χ2n) is 4.40. The molecule has 1 heterocycles. The molecule has 0 unspecified atom stereocenters. The fourth-order valence-electron chi connectivity index (χ4n) is 1.74. The highest BCUT2D eigenvalue weighted by molar-refractivity contribution is 9.08. The lowest BCUT2D eigenvalue weighted by molar-refractivity contribution is -0.385. The van der Waals surface area contributed by atoms with Crippen LogP contribution in [0.3, 0.4) is 0 Å². The van der Waals surface area contributed by atoms with Crippen molar-refractivity contribution in [1.82, 2.24) is 4.98 Å². The quantitative estimate of drug-likeness (QED) is 0.474. The summed E-state index contributed by atoms with van der Waals surface area (Å²) >= 11 is 3.35. The third-order valence-corrected chi connectivity index (χ3v) is 3.50. The molecule has 0 spiro atoms. The van der Waals surface area contributed by atoms with Crippen LogP contribution in [0.15, 0.2) is 30.5 Å². The van der Waals surface area contributed by atoms with Crippen LogP contribution in [-0.2, 0) is 5.33 Å². The molecule has 0 N–H and O–H groups in total. The van der Waals surface area contributed by atoms with Gasteiger partial charge in [0.25, 0.3) is 5.69 Å². The highest BCUT2D eigenvalue weighted by atomic mass is 79.9. The number of aromatic nitrogens is 1. The molecule has 20 heavy (non-hydrogen) atoms. The number of nitro benzene ring substituents is 1. The van der Waals surface area contributed by atoms with Crippen molar-refractivity contribution in [3.8, 4) is 11.6 Å². The first-order chi connectivity index (χ1) is 9.51. The molecule has 0 atom stereocenters. The van der Waals surface area contributed by atoms with Gasteiger partial charge in [0.2, 0.25) is 5.88 Å². The summed E-state index contributed by atoms with van der Waals surface area (Å²) in [6.45, 7) is 3.46. The molecule has 0 aliphatic rings. The molecule has 1 aromatic carbocycles. The minimum Gasteiger partial charge on any atom is -0.439 e. The minimum absolute atomic E-state index is 0.0949. The van der Waals surface area contributed by atoms with Crippen LogP contribution in [-0.4, -0.2) is 9.91 Å². The summed E-state index contributed by atoms with van der Waals surface area (Å²) < 4.78 is 5.68. The van der Waals surface area contributed by atoms with Gasteiger partial charge >= 0.3 is 0 Å². The van der Waals surface area contributed by atoms with Gasteiger partial charge in [0.05, 0.1) is 4.92 Å². The SMILES string of the molecule is Cc1cc([N+](=O)[O-])c(C)cc1Oc1ccc(CBr)cn1. The van der Waals surface area contributed by atoms with Crippen molar-refractivity contribution in [1.29, 1.82) is 0 Å². The van der Waals surface area contributed by atoms with Crippen LogP contribution in [0.2, 0.25) is 0 Å². The standard InChI is InChI=1S/C14H13BrN2O3/c1-9-6-13(10(2)5-12(9)17(18)19)20-14-4-3-11(7-15)8-16-14/h3-6,8H,7H2,1-2H3. The molecule has 0 fully saturated rings. The number of benzene rings is 1. The lowest BCUT2D eigenvalue weighted by atomic mass is 10.1. The third kappa shape index (κ3) is 3.14. The number of pyridine rings is 1.